The molecule has 2 aromatic heterocycles. The summed E-state index contributed by atoms with van der Waals surface area (Å²) in [6.45, 7) is 1.70. The molecular weight excluding hydrogens is 260 g/mol. The van der Waals surface area contributed by atoms with Crippen LogP contribution < -0.4 is 5.32 Å². The first kappa shape index (κ1) is 13.5. The average Bonchev–Trinajstić information content (AvgIpc) is 3.07. The number of para-hydroxylation sites is 1. The lowest BCUT2D eigenvalue weighted by Gasteiger charge is -2.02. The van der Waals surface area contributed by atoms with E-state index in [0.29, 0.717) is 5.69 Å². The molecule has 0 radical (unpaired) electrons. The minimum Gasteiger partial charge on any atom is -0.361 e. The van der Waals surface area contributed by atoms with E-state index in [1.807, 2.05) is 29.9 Å². The Morgan fingerprint density at radius 1 is 1.33 bits per heavy atom. The van der Waals surface area contributed by atoms with Crippen molar-refractivity contribution in [1.29, 1.82) is 5.26 Å². The lowest BCUT2D eigenvalue weighted by molar-refractivity contribution is 0.687. The Balaban J connectivity index is 1.55. The normalized spacial score (nSPS) is 10.9. The predicted molar refractivity (Wildman–Crippen MR) is 83.8 cm³/mol. The highest BCUT2D eigenvalue weighted by Gasteiger charge is 2.04. The Labute approximate surface area is 124 Å². The molecule has 3 aromatic rings. The maximum Gasteiger partial charge on any atom is 0.120 e. The van der Waals surface area contributed by atoms with Gasteiger partial charge in [-0.2, -0.15) is 5.26 Å². The predicted octanol–water partition coefficient (Wildman–Crippen LogP) is 2.71. The van der Waals surface area contributed by atoms with E-state index in [4.69, 9.17) is 5.26 Å². The SMILES string of the molecule is Cn1cc(CNCCc2c[nH]c3ccccc23)cc1C#N. The Morgan fingerprint density at radius 2 is 2.19 bits per heavy atom. The fourth-order valence-corrected chi connectivity index (χ4v) is 2.64. The van der Waals surface area contributed by atoms with Crippen molar-refractivity contribution in [2.24, 2.45) is 7.05 Å². The van der Waals surface area contributed by atoms with Crippen LogP contribution >= 0.6 is 0 Å². The zero-order valence-corrected chi connectivity index (χ0v) is 12.1. The van der Waals surface area contributed by atoms with Gasteiger partial charge in [-0.25, -0.2) is 0 Å². The third-order valence-electron chi connectivity index (χ3n) is 3.75. The number of benzene rings is 1. The van der Waals surface area contributed by atoms with Gasteiger partial charge in [-0.3, -0.25) is 0 Å². The second-order valence-corrected chi connectivity index (χ2v) is 5.24. The molecule has 0 saturated carbocycles. The number of rotatable bonds is 5. The van der Waals surface area contributed by atoms with E-state index in [9.17, 15) is 0 Å². The van der Waals surface area contributed by atoms with Crippen molar-refractivity contribution in [2.45, 2.75) is 13.0 Å². The van der Waals surface area contributed by atoms with Crippen LogP contribution in [0.15, 0.2) is 42.7 Å². The zero-order valence-electron chi connectivity index (χ0n) is 12.1. The van der Waals surface area contributed by atoms with Gasteiger partial charge in [0.2, 0.25) is 0 Å². The molecule has 3 rings (SSSR count). The quantitative estimate of drug-likeness (QED) is 0.705. The second kappa shape index (κ2) is 5.86. The first-order chi connectivity index (χ1) is 10.3. The molecule has 0 atom stereocenters. The number of hydrogen-bond donors (Lipinski definition) is 2. The molecule has 2 N–H and O–H groups in total. The highest BCUT2D eigenvalue weighted by molar-refractivity contribution is 5.83. The summed E-state index contributed by atoms with van der Waals surface area (Å²) >= 11 is 0. The van der Waals surface area contributed by atoms with E-state index in [1.54, 1.807) is 0 Å². The summed E-state index contributed by atoms with van der Waals surface area (Å²) in [7, 11) is 1.90. The number of H-pyrrole nitrogens is 1. The van der Waals surface area contributed by atoms with Crippen molar-refractivity contribution < 1.29 is 0 Å². The molecule has 0 saturated heterocycles. The third kappa shape index (κ3) is 2.83. The Morgan fingerprint density at radius 3 is 3.00 bits per heavy atom. The highest BCUT2D eigenvalue weighted by atomic mass is 14.9. The summed E-state index contributed by atoms with van der Waals surface area (Å²) in [5.41, 5.74) is 4.37. The largest absolute Gasteiger partial charge is 0.361 e. The van der Waals surface area contributed by atoms with Gasteiger partial charge in [0.1, 0.15) is 11.8 Å². The van der Waals surface area contributed by atoms with Gasteiger partial charge in [0, 0.05) is 36.9 Å². The molecule has 1 aromatic carbocycles. The molecule has 0 aliphatic rings. The van der Waals surface area contributed by atoms with Gasteiger partial charge in [-0.15, -0.1) is 0 Å². The maximum atomic E-state index is 8.93. The summed E-state index contributed by atoms with van der Waals surface area (Å²) in [4.78, 5) is 3.30. The number of aromatic amines is 1. The van der Waals surface area contributed by atoms with Gasteiger partial charge in [0.25, 0.3) is 0 Å². The van der Waals surface area contributed by atoms with Gasteiger partial charge in [-0.1, -0.05) is 18.2 Å². The molecule has 4 nitrogen and oxygen atoms in total. The topological polar surface area (TPSA) is 56.5 Å². The Bertz CT molecular complexity index is 789. The third-order valence-corrected chi connectivity index (χ3v) is 3.75. The van der Waals surface area contributed by atoms with Crippen LogP contribution in [0.2, 0.25) is 0 Å². The van der Waals surface area contributed by atoms with E-state index in [2.05, 4.69) is 40.8 Å². The van der Waals surface area contributed by atoms with Gasteiger partial charge < -0.3 is 14.9 Å². The monoisotopic (exact) mass is 278 g/mol. The van der Waals surface area contributed by atoms with Crippen LogP contribution in [0.3, 0.4) is 0 Å². The summed E-state index contributed by atoms with van der Waals surface area (Å²) < 4.78 is 1.86. The molecule has 0 spiro atoms. The van der Waals surface area contributed by atoms with Crippen molar-refractivity contribution >= 4 is 10.9 Å². The fourth-order valence-electron chi connectivity index (χ4n) is 2.64. The van der Waals surface area contributed by atoms with Crippen molar-refractivity contribution in [1.82, 2.24) is 14.9 Å². The summed E-state index contributed by atoms with van der Waals surface area (Å²) in [5, 5.41) is 13.7. The average molecular weight is 278 g/mol. The van der Waals surface area contributed by atoms with Gasteiger partial charge in [0.05, 0.1) is 0 Å². The van der Waals surface area contributed by atoms with Gasteiger partial charge >= 0.3 is 0 Å². The van der Waals surface area contributed by atoms with Crippen LogP contribution in [0.4, 0.5) is 0 Å². The number of aryl methyl sites for hydroxylation is 1. The minimum atomic E-state index is 0.698. The minimum absolute atomic E-state index is 0.698. The highest BCUT2D eigenvalue weighted by Crippen LogP contribution is 2.17. The van der Waals surface area contributed by atoms with Gasteiger partial charge in [0.15, 0.2) is 0 Å². The van der Waals surface area contributed by atoms with Crippen molar-refractivity contribution in [3.63, 3.8) is 0 Å². The summed E-state index contributed by atoms with van der Waals surface area (Å²) in [5.74, 6) is 0. The fraction of sp³-hybridized carbons (Fsp3) is 0.235. The number of nitrogens with zero attached hydrogens (tertiary/aromatic N) is 2. The van der Waals surface area contributed by atoms with Crippen LogP contribution in [-0.4, -0.2) is 16.1 Å². The molecule has 0 amide bonds. The molecule has 0 fully saturated rings. The first-order valence-corrected chi connectivity index (χ1v) is 7.09. The van der Waals surface area contributed by atoms with Gasteiger partial charge in [-0.05, 0) is 36.2 Å². The number of aromatic nitrogens is 2. The first-order valence-electron chi connectivity index (χ1n) is 7.09. The standard InChI is InChI=1S/C17H18N4/c1-21-12-13(8-15(21)9-18)10-19-7-6-14-11-20-17-5-3-2-4-16(14)17/h2-5,8,11-12,19-20H,6-7,10H2,1H3. The van der Waals surface area contributed by atoms with Crippen molar-refractivity contribution in [3.8, 4) is 6.07 Å². The number of fused-ring (bicyclic) bond motifs is 1. The van der Waals surface area contributed by atoms with E-state index < -0.39 is 0 Å². The molecule has 0 unspecified atom stereocenters. The van der Waals surface area contributed by atoms with Crippen LogP contribution in [0.25, 0.3) is 10.9 Å². The number of nitrogens with one attached hydrogen (secondary N) is 2. The Kier molecular flexibility index (Phi) is 3.76. The molecule has 4 heteroatoms. The molecule has 106 valence electrons. The Hall–Kier alpha value is -2.51. The molecule has 0 bridgehead atoms. The van der Waals surface area contributed by atoms with Crippen molar-refractivity contribution in [3.05, 3.63) is 59.5 Å². The van der Waals surface area contributed by atoms with Crippen LogP contribution in [0.5, 0.6) is 0 Å². The van der Waals surface area contributed by atoms with E-state index in [-0.39, 0.29) is 0 Å². The zero-order chi connectivity index (χ0) is 14.7. The van der Waals surface area contributed by atoms with Crippen LogP contribution in [0, 0.1) is 11.3 Å². The maximum absolute atomic E-state index is 8.93. The molecule has 21 heavy (non-hydrogen) atoms. The lowest BCUT2D eigenvalue weighted by atomic mass is 10.1. The number of hydrogen-bond acceptors (Lipinski definition) is 2. The van der Waals surface area contributed by atoms with E-state index >= 15 is 0 Å². The summed E-state index contributed by atoms with van der Waals surface area (Å²) in [6.07, 6.45) is 5.07. The molecule has 0 aliphatic heterocycles. The molecule has 2 heterocycles. The van der Waals surface area contributed by atoms with Crippen LogP contribution in [0.1, 0.15) is 16.8 Å². The molecule has 0 aliphatic carbocycles. The van der Waals surface area contributed by atoms with Crippen molar-refractivity contribution in [2.75, 3.05) is 6.54 Å². The van der Waals surface area contributed by atoms with E-state index in [1.165, 1.54) is 16.5 Å². The second-order valence-electron chi connectivity index (χ2n) is 5.24. The van der Waals surface area contributed by atoms with E-state index in [0.717, 1.165) is 25.1 Å². The lowest BCUT2D eigenvalue weighted by Crippen LogP contribution is -2.16. The number of nitriles is 1. The van der Waals surface area contributed by atoms with Crippen LogP contribution in [-0.2, 0) is 20.0 Å². The summed E-state index contributed by atoms with van der Waals surface area (Å²) in [6, 6.07) is 12.5. The smallest absolute Gasteiger partial charge is 0.120 e. The molecular formula is C17H18N4.